The SMILES string of the molecule is Cc1nc(-c2cccs2)c(CCC(=O)Nc2cccc(Cl)c2C)s1. The van der Waals surface area contributed by atoms with Crippen molar-refractivity contribution in [3.8, 4) is 10.6 Å². The van der Waals surface area contributed by atoms with E-state index in [1.54, 1.807) is 22.7 Å². The Balaban J connectivity index is 1.68. The smallest absolute Gasteiger partial charge is 0.224 e. The van der Waals surface area contributed by atoms with Crippen molar-refractivity contribution in [3.63, 3.8) is 0 Å². The van der Waals surface area contributed by atoms with Crippen molar-refractivity contribution in [1.29, 1.82) is 0 Å². The zero-order chi connectivity index (χ0) is 17.1. The Kier molecular flexibility index (Phi) is 5.33. The van der Waals surface area contributed by atoms with Crippen molar-refractivity contribution in [3.05, 3.63) is 56.2 Å². The van der Waals surface area contributed by atoms with E-state index in [9.17, 15) is 4.79 Å². The van der Waals surface area contributed by atoms with Crippen LogP contribution in [0.5, 0.6) is 0 Å². The van der Waals surface area contributed by atoms with Crippen molar-refractivity contribution < 1.29 is 4.79 Å². The minimum Gasteiger partial charge on any atom is -0.326 e. The number of rotatable bonds is 5. The maximum atomic E-state index is 12.3. The van der Waals surface area contributed by atoms with Crippen LogP contribution in [-0.4, -0.2) is 10.9 Å². The third kappa shape index (κ3) is 3.86. The number of carbonyl (C=O) groups is 1. The first kappa shape index (κ1) is 17.1. The van der Waals surface area contributed by atoms with Gasteiger partial charge in [0.25, 0.3) is 0 Å². The minimum absolute atomic E-state index is 0.0106. The zero-order valence-electron chi connectivity index (χ0n) is 13.4. The summed E-state index contributed by atoms with van der Waals surface area (Å²) in [4.78, 5) is 19.2. The maximum absolute atomic E-state index is 12.3. The largest absolute Gasteiger partial charge is 0.326 e. The number of amides is 1. The van der Waals surface area contributed by atoms with Crippen molar-refractivity contribution in [1.82, 2.24) is 4.98 Å². The van der Waals surface area contributed by atoms with Crippen LogP contribution in [0, 0.1) is 13.8 Å². The third-order valence-electron chi connectivity index (χ3n) is 3.68. The summed E-state index contributed by atoms with van der Waals surface area (Å²) in [6, 6.07) is 9.62. The number of nitrogens with one attached hydrogen (secondary N) is 1. The number of thiophene rings is 1. The molecule has 3 rings (SSSR count). The zero-order valence-corrected chi connectivity index (χ0v) is 15.8. The first-order valence-electron chi connectivity index (χ1n) is 7.59. The average Bonchev–Trinajstić information content (AvgIpc) is 3.19. The van der Waals surface area contributed by atoms with Crippen LogP contribution >= 0.6 is 34.3 Å². The molecule has 3 nitrogen and oxygen atoms in total. The quantitative estimate of drug-likeness (QED) is 0.619. The van der Waals surface area contributed by atoms with E-state index in [0.717, 1.165) is 31.7 Å². The summed E-state index contributed by atoms with van der Waals surface area (Å²) in [5, 5.41) is 6.68. The van der Waals surface area contributed by atoms with E-state index in [1.807, 2.05) is 43.5 Å². The van der Waals surface area contributed by atoms with Crippen molar-refractivity contribution >= 4 is 45.9 Å². The van der Waals surface area contributed by atoms with Gasteiger partial charge < -0.3 is 5.32 Å². The van der Waals surface area contributed by atoms with Gasteiger partial charge in [-0.05, 0) is 49.4 Å². The Morgan fingerprint density at radius 1 is 1.25 bits per heavy atom. The molecule has 6 heteroatoms. The van der Waals surface area contributed by atoms with E-state index in [1.165, 1.54) is 0 Å². The van der Waals surface area contributed by atoms with Gasteiger partial charge in [0, 0.05) is 22.0 Å². The van der Waals surface area contributed by atoms with Gasteiger partial charge in [0.15, 0.2) is 0 Å². The molecule has 0 unspecified atom stereocenters. The molecule has 1 aromatic carbocycles. The lowest BCUT2D eigenvalue weighted by Crippen LogP contribution is -2.13. The first-order chi connectivity index (χ1) is 11.5. The van der Waals surface area contributed by atoms with Crippen LogP contribution < -0.4 is 5.32 Å². The molecule has 0 saturated carbocycles. The average molecular weight is 377 g/mol. The van der Waals surface area contributed by atoms with E-state index in [-0.39, 0.29) is 5.91 Å². The van der Waals surface area contributed by atoms with E-state index in [2.05, 4.69) is 16.4 Å². The molecular formula is C18H17ClN2OS2. The molecule has 2 aromatic heterocycles. The highest BCUT2D eigenvalue weighted by molar-refractivity contribution is 7.15. The van der Waals surface area contributed by atoms with Gasteiger partial charge in [0.2, 0.25) is 5.91 Å². The Hall–Kier alpha value is -1.69. The highest BCUT2D eigenvalue weighted by Gasteiger charge is 2.14. The van der Waals surface area contributed by atoms with Crippen molar-refractivity contribution in [2.45, 2.75) is 26.7 Å². The molecule has 1 N–H and O–H groups in total. The molecule has 1 amide bonds. The molecule has 0 aliphatic heterocycles. The van der Waals surface area contributed by atoms with Crippen LogP contribution in [0.1, 0.15) is 21.9 Å². The Bertz CT molecular complexity index is 856. The van der Waals surface area contributed by atoms with E-state index in [0.29, 0.717) is 17.9 Å². The fourth-order valence-corrected chi connectivity index (χ4v) is 4.36. The van der Waals surface area contributed by atoms with Crippen LogP contribution in [0.25, 0.3) is 10.6 Å². The number of aromatic nitrogens is 1. The summed E-state index contributed by atoms with van der Waals surface area (Å²) >= 11 is 9.43. The maximum Gasteiger partial charge on any atom is 0.224 e. The predicted molar refractivity (Wildman–Crippen MR) is 103 cm³/mol. The number of hydrogen-bond donors (Lipinski definition) is 1. The fraction of sp³-hybridized carbons (Fsp3) is 0.222. The molecule has 0 bridgehead atoms. The molecule has 0 radical (unpaired) electrons. The fourth-order valence-electron chi connectivity index (χ4n) is 2.43. The summed E-state index contributed by atoms with van der Waals surface area (Å²) in [7, 11) is 0. The molecule has 0 aliphatic carbocycles. The molecule has 0 aliphatic rings. The summed E-state index contributed by atoms with van der Waals surface area (Å²) in [6.07, 6.45) is 1.11. The Morgan fingerprint density at radius 2 is 2.08 bits per heavy atom. The third-order valence-corrected chi connectivity index (χ3v) is 6.00. The van der Waals surface area contributed by atoms with Gasteiger partial charge in [0.05, 0.1) is 15.6 Å². The number of carbonyl (C=O) groups excluding carboxylic acids is 1. The predicted octanol–water partition coefficient (Wildman–Crippen LogP) is 5.71. The second-order valence-corrected chi connectivity index (χ2v) is 8.09. The second kappa shape index (κ2) is 7.47. The number of halogens is 1. The standard InChI is InChI=1S/C18H17ClN2OS2/c1-11-13(19)5-3-6-14(11)21-17(22)9-8-16-18(20-12(2)24-16)15-7-4-10-23-15/h3-7,10H,8-9H2,1-2H3,(H,21,22). The lowest BCUT2D eigenvalue weighted by Gasteiger charge is -2.09. The van der Waals surface area contributed by atoms with Gasteiger partial charge in [0.1, 0.15) is 0 Å². The lowest BCUT2D eigenvalue weighted by molar-refractivity contribution is -0.116. The van der Waals surface area contributed by atoms with Gasteiger partial charge in [-0.15, -0.1) is 22.7 Å². The normalized spacial score (nSPS) is 10.8. The molecule has 2 heterocycles. The molecule has 0 saturated heterocycles. The van der Waals surface area contributed by atoms with Crippen LogP contribution in [0.4, 0.5) is 5.69 Å². The van der Waals surface area contributed by atoms with Gasteiger partial charge in [-0.1, -0.05) is 23.7 Å². The number of aryl methyl sites for hydroxylation is 2. The molecule has 124 valence electrons. The monoisotopic (exact) mass is 376 g/mol. The lowest BCUT2D eigenvalue weighted by atomic mass is 10.1. The van der Waals surface area contributed by atoms with Crippen LogP contribution in [0.3, 0.4) is 0 Å². The van der Waals surface area contributed by atoms with Gasteiger partial charge >= 0.3 is 0 Å². The van der Waals surface area contributed by atoms with E-state index >= 15 is 0 Å². The number of hydrogen-bond acceptors (Lipinski definition) is 4. The summed E-state index contributed by atoms with van der Waals surface area (Å²) in [5.41, 5.74) is 2.67. The van der Waals surface area contributed by atoms with Crippen LogP contribution in [0.2, 0.25) is 5.02 Å². The molecular weight excluding hydrogens is 360 g/mol. The second-order valence-electron chi connectivity index (χ2n) is 5.44. The molecule has 0 fully saturated rings. The van der Waals surface area contributed by atoms with Gasteiger partial charge in [-0.3, -0.25) is 4.79 Å². The highest BCUT2D eigenvalue weighted by Crippen LogP contribution is 2.32. The minimum atomic E-state index is -0.0106. The molecule has 3 aromatic rings. The summed E-state index contributed by atoms with van der Waals surface area (Å²) in [6.45, 7) is 3.90. The Labute approximate surface area is 154 Å². The van der Waals surface area contributed by atoms with Crippen LogP contribution in [0.15, 0.2) is 35.7 Å². The van der Waals surface area contributed by atoms with Crippen LogP contribution in [-0.2, 0) is 11.2 Å². The molecule has 24 heavy (non-hydrogen) atoms. The van der Waals surface area contributed by atoms with Crippen molar-refractivity contribution in [2.24, 2.45) is 0 Å². The topological polar surface area (TPSA) is 42.0 Å². The summed E-state index contributed by atoms with van der Waals surface area (Å²) < 4.78 is 0. The van der Waals surface area contributed by atoms with E-state index in [4.69, 9.17) is 11.6 Å². The van der Waals surface area contributed by atoms with E-state index < -0.39 is 0 Å². The Morgan fingerprint density at radius 3 is 2.83 bits per heavy atom. The van der Waals surface area contributed by atoms with Gasteiger partial charge in [-0.2, -0.15) is 0 Å². The molecule has 0 atom stereocenters. The summed E-state index contributed by atoms with van der Waals surface area (Å²) in [5.74, 6) is -0.0106. The van der Waals surface area contributed by atoms with Crippen molar-refractivity contribution in [2.75, 3.05) is 5.32 Å². The number of benzene rings is 1. The highest BCUT2D eigenvalue weighted by atomic mass is 35.5. The number of nitrogens with zero attached hydrogens (tertiary/aromatic N) is 1. The number of anilines is 1. The van der Waals surface area contributed by atoms with Gasteiger partial charge in [-0.25, -0.2) is 4.98 Å². The number of thiazole rings is 1. The first-order valence-corrected chi connectivity index (χ1v) is 9.67. The molecule has 0 spiro atoms.